The molecule has 0 aromatic heterocycles. The molecule has 1 fully saturated rings. The Kier molecular flexibility index (Phi) is 3.93. The summed E-state index contributed by atoms with van der Waals surface area (Å²) in [5, 5.41) is 1.31. The van der Waals surface area contributed by atoms with Crippen molar-refractivity contribution < 1.29 is 3.79 Å². The van der Waals surface area contributed by atoms with Crippen molar-refractivity contribution in [2.75, 3.05) is 6.61 Å². The second-order valence-corrected chi connectivity index (χ2v) is 5.34. The molecule has 0 spiro atoms. The molecule has 0 radical (unpaired) electrons. The van der Waals surface area contributed by atoms with Crippen LogP contribution in [0.25, 0.3) is 0 Å². The molecule has 60 valence electrons. The average Bonchev–Trinajstić information content (AvgIpc) is 2.06. The van der Waals surface area contributed by atoms with E-state index in [1.165, 1.54) is 23.7 Å². The van der Waals surface area contributed by atoms with Gasteiger partial charge in [0, 0.05) is 6.61 Å². The van der Waals surface area contributed by atoms with Crippen LogP contribution in [0.2, 0.25) is 5.28 Å². The first-order valence-corrected chi connectivity index (χ1v) is 6.21. The fourth-order valence-corrected chi connectivity index (χ4v) is 3.57. The van der Waals surface area contributed by atoms with Gasteiger partial charge in [0.1, 0.15) is 0 Å². The fraction of sp³-hybridized carbons (Fsp3) is 0.556. The monoisotopic (exact) mass is 166 g/mol. The third-order valence-corrected chi connectivity index (χ3v) is 4.52. The first-order valence-electron chi connectivity index (χ1n) is 4.25. The molecule has 0 N–H and O–H groups in total. The van der Waals surface area contributed by atoms with Crippen LogP contribution >= 0.6 is 0 Å². The van der Waals surface area contributed by atoms with Crippen LogP contribution in [0.15, 0.2) is 23.2 Å². The van der Waals surface area contributed by atoms with Gasteiger partial charge < -0.3 is 3.79 Å². The summed E-state index contributed by atoms with van der Waals surface area (Å²) in [5.41, 5.74) is 1.28. The minimum atomic E-state index is -0.935. The zero-order valence-electron chi connectivity index (χ0n) is 7.18. The van der Waals surface area contributed by atoms with Crippen LogP contribution in [-0.4, -0.2) is 21.1 Å². The molecule has 0 atom stereocenters. The highest BCUT2D eigenvalue weighted by molar-refractivity contribution is 6.58. The predicted molar refractivity (Wildman–Crippen MR) is 49.7 cm³/mol. The Hall–Kier alpha value is -0.0275. The third kappa shape index (κ3) is 3.25. The zero-order valence-corrected chi connectivity index (χ0v) is 8.33. The molecule has 2 heteroatoms. The summed E-state index contributed by atoms with van der Waals surface area (Å²) in [4.78, 5) is 2.30. The number of rotatable bonds is 2. The summed E-state index contributed by atoms with van der Waals surface area (Å²) in [6.45, 7) is 6.80. The number of hydrogen-bond donors (Lipinski definition) is 0. The van der Waals surface area contributed by atoms with E-state index in [-0.39, 0.29) is 0 Å². The van der Waals surface area contributed by atoms with Gasteiger partial charge in [-0.05, 0) is 13.3 Å². The van der Waals surface area contributed by atoms with Crippen LogP contribution in [-0.2, 0) is 3.79 Å². The molecule has 11 heavy (non-hydrogen) atoms. The topological polar surface area (TPSA) is 9.23 Å². The van der Waals surface area contributed by atoms with E-state index in [9.17, 15) is 0 Å². The van der Waals surface area contributed by atoms with Gasteiger partial charge >= 0.3 is 14.5 Å². The Bertz CT molecular complexity index is 157. The van der Waals surface area contributed by atoms with Crippen molar-refractivity contribution in [1.82, 2.24) is 0 Å². The van der Waals surface area contributed by atoms with E-state index < -0.39 is 14.5 Å². The molecule has 0 saturated carbocycles. The maximum Gasteiger partial charge on any atom is 0.494 e. The van der Waals surface area contributed by atoms with E-state index in [1.54, 1.807) is 0 Å². The maximum absolute atomic E-state index is 5.67. The van der Waals surface area contributed by atoms with Crippen LogP contribution in [0, 0.1) is 0 Å². The van der Waals surface area contributed by atoms with E-state index >= 15 is 0 Å². The van der Waals surface area contributed by atoms with E-state index in [0.717, 1.165) is 6.61 Å². The molecular weight excluding hydrogens is 151 g/mol. The normalized spacial score (nSPS) is 20.1. The van der Waals surface area contributed by atoms with Crippen LogP contribution < -0.4 is 0 Å². The number of allylic oxidation sites excluding steroid dienone is 2. The largest absolute Gasteiger partial charge is 0.498 e. The molecule has 1 nitrogen and oxygen atoms in total. The van der Waals surface area contributed by atoms with Crippen LogP contribution in [0.3, 0.4) is 0 Å². The number of hydrogen-bond acceptors (Lipinski definition) is 1. The molecule has 1 heterocycles. The van der Waals surface area contributed by atoms with Crippen molar-refractivity contribution in [2.24, 2.45) is 0 Å². The second-order valence-electron chi connectivity index (χ2n) is 3.02. The lowest BCUT2D eigenvalue weighted by Crippen LogP contribution is -2.21. The maximum atomic E-state index is 5.67. The average molecular weight is 166 g/mol. The molecule has 0 aromatic carbocycles. The second kappa shape index (κ2) is 4.77. The molecule has 0 aliphatic carbocycles. The summed E-state index contributed by atoms with van der Waals surface area (Å²) < 4.78 is 5.67. The van der Waals surface area contributed by atoms with Gasteiger partial charge in [-0.1, -0.05) is 29.9 Å². The van der Waals surface area contributed by atoms with Gasteiger partial charge in [0.2, 0.25) is 0 Å². The van der Waals surface area contributed by atoms with Crippen molar-refractivity contribution in [3.63, 3.8) is 0 Å². The standard InChI is InChI=1S/C5H7.C4H8O.Al/c1-4-5(2)3;1-2-3-4-5;/h2,4H,1H2,3H3;1-4H2;/q;-1;+1. The van der Waals surface area contributed by atoms with Crippen molar-refractivity contribution in [3.8, 4) is 0 Å². The first-order chi connectivity index (χ1) is 5.33. The SMILES string of the molecule is C=C/C(C)=[CH]/[Al]1[CH2]CCC[O]1. The van der Waals surface area contributed by atoms with Crippen molar-refractivity contribution in [1.29, 1.82) is 0 Å². The molecule has 1 aliphatic rings. The fourth-order valence-electron chi connectivity index (χ4n) is 1.26. The van der Waals surface area contributed by atoms with Crippen molar-refractivity contribution in [2.45, 2.75) is 25.0 Å². The molecule has 0 bridgehead atoms. The Morgan fingerprint density at radius 3 is 2.91 bits per heavy atom. The van der Waals surface area contributed by atoms with Gasteiger partial charge in [-0.3, -0.25) is 0 Å². The summed E-state index contributed by atoms with van der Waals surface area (Å²) in [7, 11) is 0. The van der Waals surface area contributed by atoms with E-state index in [4.69, 9.17) is 3.79 Å². The van der Waals surface area contributed by atoms with Crippen LogP contribution in [0.4, 0.5) is 0 Å². The Labute approximate surface area is 73.5 Å². The Morgan fingerprint density at radius 1 is 1.55 bits per heavy atom. The van der Waals surface area contributed by atoms with Gasteiger partial charge in [-0.25, -0.2) is 0 Å². The van der Waals surface area contributed by atoms with Crippen molar-refractivity contribution in [3.05, 3.63) is 23.2 Å². The van der Waals surface area contributed by atoms with Gasteiger partial charge in [-0.2, -0.15) is 0 Å². The molecule has 1 rings (SSSR count). The molecule has 0 unspecified atom stereocenters. The van der Waals surface area contributed by atoms with Crippen LogP contribution in [0.1, 0.15) is 19.8 Å². The summed E-state index contributed by atoms with van der Waals surface area (Å²) in [6.07, 6.45) is 4.52. The zero-order chi connectivity index (χ0) is 8.10. The third-order valence-electron chi connectivity index (χ3n) is 1.99. The lowest BCUT2D eigenvalue weighted by Gasteiger charge is -2.15. The van der Waals surface area contributed by atoms with E-state index in [1.807, 2.05) is 6.08 Å². The molecular formula is C9H15AlO. The highest BCUT2D eigenvalue weighted by Crippen LogP contribution is 2.12. The smallest absolute Gasteiger partial charge is 0.494 e. The minimum Gasteiger partial charge on any atom is -0.498 e. The first kappa shape index (κ1) is 9.06. The Balaban J connectivity index is 2.40. The van der Waals surface area contributed by atoms with Gasteiger partial charge in [0.05, 0.1) is 0 Å². The van der Waals surface area contributed by atoms with Crippen molar-refractivity contribution >= 4 is 14.5 Å². The Morgan fingerprint density at radius 2 is 2.36 bits per heavy atom. The van der Waals surface area contributed by atoms with Gasteiger partial charge in [0.15, 0.2) is 0 Å². The lowest BCUT2D eigenvalue weighted by molar-refractivity contribution is 0.294. The quantitative estimate of drug-likeness (QED) is 0.452. The molecule has 1 saturated heterocycles. The van der Waals surface area contributed by atoms with Crippen LogP contribution in [0.5, 0.6) is 0 Å². The molecule has 0 amide bonds. The van der Waals surface area contributed by atoms with E-state index in [0.29, 0.717) is 0 Å². The van der Waals surface area contributed by atoms with Gasteiger partial charge in [-0.15, -0.1) is 4.94 Å². The van der Waals surface area contributed by atoms with Gasteiger partial charge in [0.25, 0.3) is 0 Å². The summed E-state index contributed by atoms with van der Waals surface area (Å²) in [6, 6.07) is 0. The molecule has 1 aliphatic heterocycles. The lowest BCUT2D eigenvalue weighted by atomic mass is 10.3. The highest BCUT2D eigenvalue weighted by Gasteiger charge is 2.20. The predicted octanol–water partition coefficient (Wildman–Crippen LogP) is 2.46. The van der Waals surface area contributed by atoms with E-state index in [2.05, 4.69) is 18.4 Å². The highest BCUT2D eigenvalue weighted by atomic mass is 27.2. The summed E-state index contributed by atoms with van der Waals surface area (Å²) in [5.74, 6) is 0. The molecule has 0 aromatic rings. The minimum absolute atomic E-state index is 0.935. The summed E-state index contributed by atoms with van der Waals surface area (Å²) >= 11 is -0.935.